The van der Waals surface area contributed by atoms with Gasteiger partial charge in [-0.3, -0.25) is 4.79 Å². The maximum absolute atomic E-state index is 13.3. The molecule has 0 aliphatic rings. The highest BCUT2D eigenvalue weighted by Crippen LogP contribution is 2.27. The lowest BCUT2D eigenvalue weighted by Crippen LogP contribution is -2.20. The third-order valence-electron chi connectivity index (χ3n) is 5.39. The summed E-state index contributed by atoms with van der Waals surface area (Å²) in [4.78, 5) is 18.0. The lowest BCUT2D eigenvalue weighted by atomic mass is 10.2. The highest BCUT2D eigenvalue weighted by Gasteiger charge is 2.16. The molecule has 0 fully saturated rings. The lowest BCUT2D eigenvalue weighted by molar-refractivity contribution is 0.573. The fraction of sp³-hybridized carbons (Fsp3) is 0. The van der Waals surface area contributed by atoms with Gasteiger partial charge in [0.1, 0.15) is 17.1 Å². The maximum atomic E-state index is 13.3. The number of fused-ring (bicyclic) bond motifs is 2. The number of hydrogen-bond acceptors (Lipinski definition) is 5. The van der Waals surface area contributed by atoms with Gasteiger partial charge in [-0.25, -0.2) is 4.98 Å². The van der Waals surface area contributed by atoms with Crippen molar-refractivity contribution in [2.45, 2.75) is 0 Å². The average molecular weight is 431 g/mol. The normalized spacial score (nSPS) is 11.6. The molecule has 158 valence electrons. The van der Waals surface area contributed by atoms with Gasteiger partial charge in [-0.1, -0.05) is 60.7 Å². The molecule has 0 N–H and O–H groups in total. The molecule has 0 saturated heterocycles. The van der Waals surface area contributed by atoms with Gasteiger partial charge in [0.25, 0.3) is 5.56 Å². The van der Waals surface area contributed by atoms with Crippen LogP contribution in [0.2, 0.25) is 0 Å². The second-order valence-corrected chi connectivity index (χ2v) is 7.53. The summed E-state index contributed by atoms with van der Waals surface area (Å²) >= 11 is 0. The summed E-state index contributed by atoms with van der Waals surface area (Å²) in [7, 11) is 0. The van der Waals surface area contributed by atoms with Crippen LogP contribution in [0.25, 0.3) is 44.8 Å². The fourth-order valence-electron chi connectivity index (χ4n) is 3.78. The molecule has 0 radical (unpaired) electrons. The van der Waals surface area contributed by atoms with E-state index in [1.165, 1.54) is 10.9 Å². The second kappa shape index (κ2) is 7.76. The van der Waals surface area contributed by atoms with Gasteiger partial charge < -0.3 is 8.83 Å². The highest BCUT2D eigenvalue weighted by atomic mass is 16.3. The first kappa shape index (κ1) is 19.0. The molecule has 0 amide bonds. The quantitative estimate of drug-likeness (QED) is 0.323. The topological polar surface area (TPSA) is 73.5 Å². The molecule has 3 aromatic heterocycles. The molecule has 3 heterocycles. The van der Waals surface area contributed by atoms with Crippen molar-refractivity contribution in [3.63, 3.8) is 0 Å². The monoisotopic (exact) mass is 431 g/mol. The molecule has 6 aromatic rings. The van der Waals surface area contributed by atoms with Crippen molar-refractivity contribution in [1.82, 2.24) is 9.66 Å². The average Bonchev–Trinajstić information content (AvgIpc) is 3.51. The van der Waals surface area contributed by atoms with Crippen molar-refractivity contribution in [1.29, 1.82) is 0 Å². The second-order valence-electron chi connectivity index (χ2n) is 7.53. The van der Waals surface area contributed by atoms with E-state index < -0.39 is 0 Å². The zero-order valence-corrected chi connectivity index (χ0v) is 17.4. The number of aromatic nitrogens is 2. The Morgan fingerprint density at radius 2 is 1.58 bits per heavy atom. The summed E-state index contributed by atoms with van der Waals surface area (Å²) in [6.07, 6.45) is 1.51. The standard InChI is InChI=1S/C27H17N3O3/c31-27-21-11-5-6-12-22(21)29-26(25-16-19-10-4-7-13-23(19)33-25)30(27)28-17-20-14-15-24(32-20)18-8-2-1-3-9-18/h1-17H. The number of furan rings is 2. The molecular weight excluding hydrogens is 414 g/mol. The predicted octanol–water partition coefficient (Wildman–Crippen LogP) is 5.95. The van der Waals surface area contributed by atoms with Crippen LogP contribution in [-0.4, -0.2) is 15.9 Å². The minimum Gasteiger partial charge on any atom is -0.455 e. The van der Waals surface area contributed by atoms with Crippen LogP contribution < -0.4 is 5.56 Å². The number of para-hydroxylation sites is 2. The van der Waals surface area contributed by atoms with E-state index in [-0.39, 0.29) is 5.56 Å². The smallest absolute Gasteiger partial charge is 0.282 e. The Balaban J connectivity index is 1.48. The summed E-state index contributed by atoms with van der Waals surface area (Å²) in [5.74, 6) is 2.02. The van der Waals surface area contributed by atoms with E-state index in [1.807, 2.05) is 78.9 Å². The summed E-state index contributed by atoms with van der Waals surface area (Å²) in [6, 6.07) is 30.2. The Hall–Kier alpha value is -4.71. The molecule has 3 aromatic carbocycles. The van der Waals surface area contributed by atoms with Crippen LogP contribution >= 0.6 is 0 Å². The highest BCUT2D eigenvalue weighted by molar-refractivity contribution is 5.84. The van der Waals surface area contributed by atoms with Crippen molar-refractivity contribution in [3.05, 3.63) is 113 Å². The van der Waals surface area contributed by atoms with Crippen molar-refractivity contribution in [2.75, 3.05) is 0 Å². The predicted molar refractivity (Wildman–Crippen MR) is 128 cm³/mol. The summed E-state index contributed by atoms with van der Waals surface area (Å²) in [5.41, 5.74) is 1.96. The molecule has 0 atom stereocenters. The summed E-state index contributed by atoms with van der Waals surface area (Å²) in [6.45, 7) is 0. The van der Waals surface area contributed by atoms with E-state index in [1.54, 1.807) is 18.2 Å². The van der Waals surface area contributed by atoms with Gasteiger partial charge in [0.15, 0.2) is 5.76 Å². The van der Waals surface area contributed by atoms with Gasteiger partial charge in [-0.05, 0) is 36.4 Å². The lowest BCUT2D eigenvalue weighted by Gasteiger charge is -2.06. The van der Waals surface area contributed by atoms with E-state index in [0.29, 0.717) is 33.8 Å². The van der Waals surface area contributed by atoms with Gasteiger partial charge in [0.2, 0.25) is 5.82 Å². The summed E-state index contributed by atoms with van der Waals surface area (Å²) < 4.78 is 13.2. The van der Waals surface area contributed by atoms with Crippen LogP contribution in [0, 0.1) is 0 Å². The largest absolute Gasteiger partial charge is 0.455 e. The van der Waals surface area contributed by atoms with E-state index in [9.17, 15) is 4.79 Å². The van der Waals surface area contributed by atoms with Gasteiger partial charge in [-0.2, -0.15) is 9.78 Å². The van der Waals surface area contributed by atoms with Crippen LogP contribution in [-0.2, 0) is 0 Å². The molecule has 33 heavy (non-hydrogen) atoms. The molecule has 0 spiro atoms. The third-order valence-corrected chi connectivity index (χ3v) is 5.39. The fourth-order valence-corrected chi connectivity index (χ4v) is 3.78. The molecule has 0 unspecified atom stereocenters. The molecule has 6 heteroatoms. The zero-order valence-electron chi connectivity index (χ0n) is 17.4. The van der Waals surface area contributed by atoms with Gasteiger partial charge >= 0.3 is 0 Å². The molecule has 6 rings (SSSR count). The Labute approximate surface area is 188 Å². The van der Waals surface area contributed by atoms with Gasteiger partial charge in [-0.15, -0.1) is 0 Å². The van der Waals surface area contributed by atoms with E-state index in [4.69, 9.17) is 13.8 Å². The van der Waals surface area contributed by atoms with Crippen LogP contribution in [0.4, 0.5) is 0 Å². The van der Waals surface area contributed by atoms with Crippen LogP contribution in [0.5, 0.6) is 0 Å². The molecule has 0 aliphatic heterocycles. The number of hydrogen-bond donors (Lipinski definition) is 0. The Morgan fingerprint density at radius 1 is 0.788 bits per heavy atom. The summed E-state index contributed by atoms with van der Waals surface area (Å²) in [5, 5.41) is 5.83. The van der Waals surface area contributed by atoms with Crippen LogP contribution in [0.1, 0.15) is 5.76 Å². The number of nitrogens with zero attached hydrogens (tertiary/aromatic N) is 3. The van der Waals surface area contributed by atoms with E-state index >= 15 is 0 Å². The van der Waals surface area contributed by atoms with Gasteiger partial charge in [0, 0.05) is 10.9 Å². The number of rotatable bonds is 4. The molecule has 0 bridgehead atoms. The third kappa shape index (κ3) is 3.43. The first-order valence-corrected chi connectivity index (χ1v) is 10.5. The SMILES string of the molecule is O=c1c2ccccc2nc(-c2cc3ccccc3o2)n1N=Cc1ccc(-c2ccccc2)o1. The molecule has 0 aliphatic carbocycles. The van der Waals surface area contributed by atoms with Crippen LogP contribution in [0.15, 0.2) is 116 Å². The number of benzene rings is 3. The zero-order chi connectivity index (χ0) is 22.2. The van der Waals surface area contributed by atoms with Crippen molar-refractivity contribution < 1.29 is 8.83 Å². The van der Waals surface area contributed by atoms with Crippen molar-refractivity contribution in [3.8, 4) is 22.9 Å². The maximum Gasteiger partial charge on any atom is 0.282 e. The Morgan fingerprint density at radius 3 is 2.45 bits per heavy atom. The van der Waals surface area contributed by atoms with Crippen molar-refractivity contribution in [2.24, 2.45) is 5.10 Å². The van der Waals surface area contributed by atoms with E-state index in [2.05, 4.69) is 5.10 Å². The minimum atomic E-state index is -0.290. The Bertz CT molecular complexity index is 1660. The molecular formula is C27H17N3O3. The first-order valence-electron chi connectivity index (χ1n) is 10.5. The van der Waals surface area contributed by atoms with E-state index in [0.717, 1.165) is 16.7 Å². The van der Waals surface area contributed by atoms with Crippen LogP contribution in [0.3, 0.4) is 0 Å². The molecule has 6 nitrogen and oxygen atoms in total. The first-order chi connectivity index (χ1) is 16.3. The molecule has 0 saturated carbocycles. The van der Waals surface area contributed by atoms with Crippen molar-refractivity contribution >= 4 is 28.1 Å². The minimum absolute atomic E-state index is 0.290. The Kier molecular flexibility index (Phi) is 4.47. The van der Waals surface area contributed by atoms with Gasteiger partial charge in [0.05, 0.1) is 17.1 Å².